The molecule has 2 unspecified atom stereocenters. The minimum atomic E-state index is -4.35. The van der Waals surface area contributed by atoms with Crippen LogP contribution in [-0.4, -0.2) is 67.3 Å². The molecule has 3 aliphatic heterocycles. The summed E-state index contributed by atoms with van der Waals surface area (Å²) in [5.74, 6) is 0.820. The number of thioether (sulfide) groups is 1. The van der Waals surface area contributed by atoms with E-state index in [1.165, 1.54) is 31.0 Å². The van der Waals surface area contributed by atoms with Crippen molar-refractivity contribution in [3.05, 3.63) is 46.2 Å². The molecule has 0 saturated carbocycles. The zero-order valence-corrected chi connectivity index (χ0v) is 17.7. The van der Waals surface area contributed by atoms with Crippen LogP contribution in [0.3, 0.4) is 0 Å². The lowest BCUT2D eigenvalue weighted by atomic mass is 10.0. The highest BCUT2D eigenvalue weighted by molar-refractivity contribution is 8.03. The number of nitrogens with two attached hydrogens (primary N) is 1. The number of alkyl halides is 3. The number of ether oxygens (including phenoxy) is 1. The molecule has 30 heavy (non-hydrogen) atoms. The Hall–Kier alpha value is -2.47. The van der Waals surface area contributed by atoms with Gasteiger partial charge in [0, 0.05) is 31.3 Å². The number of rotatable bonds is 5. The number of nitrogens with zero attached hydrogens (tertiary/aromatic N) is 2. The molecule has 0 aromatic rings. The van der Waals surface area contributed by atoms with Crippen LogP contribution in [0.4, 0.5) is 13.2 Å². The lowest BCUT2D eigenvalue weighted by Crippen LogP contribution is -2.44. The van der Waals surface area contributed by atoms with Gasteiger partial charge in [0.15, 0.2) is 0 Å². The van der Waals surface area contributed by atoms with Crippen molar-refractivity contribution >= 4 is 17.7 Å². The maximum absolute atomic E-state index is 13.0. The Bertz CT molecular complexity index is 823. The third-order valence-electron chi connectivity index (χ3n) is 4.90. The molecule has 0 saturated heterocycles. The molecule has 3 aliphatic rings. The van der Waals surface area contributed by atoms with Crippen LogP contribution >= 0.6 is 11.8 Å². The van der Waals surface area contributed by atoms with Crippen molar-refractivity contribution in [2.75, 3.05) is 34.0 Å². The number of carbonyl (C=O) groups excluding carboxylic acids is 1. The van der Waals surface area contributed by atoms with Crippen LogP contribution in [0.1, 0.15) is 6.92 Å². The molecule has 1 amide bonds. The van der Waals surface area contributed by atoms with E-state index in [0.29, 0.717) is 36.2 Å². The number of likely N-dealkylation sites (N-methyl/N-ethyl adjacent to an activating group) is 1. The van der Waals surface area contributed by atoms with Crippen LogP contribution in [0.25, 0.3) is 0 Å². The summed E-state index contributed by atoms with van der Waals surface area (Å²) < 4.78 is 44.3. The van der Waals surface area contributed by atoms with Gasteiger partial charge in [-0.25, -0.2) is 0 Å². The molecule has 0 bridgehead atoms. The van der Waals surface area contributed by atoms with Gasteiger partial charge < -0.3 is 36.2 Å². The number of halogens is 3. The van der Waals surface area contributed by atoms with E-state index in [2.05, 4.69) is 16.0 Å². The van der Waals surface area contributed by atoms with Crippen LogP contribution in [0.15, 0.2) is 46.2 Å². The second-order valence-electron chi connectivity index (χ2n) is 7.22. The van der Waals surface area contributed by atoms with Crippen molar-refractivity contribution in [2.45, 2.75) is 24.5 Å². The first-order valence-corrected chi connectivity index (χ1v) is 10.1. The molecule has 0 fully saturated rings. The summed E-state index contributed by atoms with van der Waals surface area (Å²) in [6, 6.07) is -1.68. The van der Waals surface area contributed by atoms with Crippen molar-refractivity contribution in [1.82, 2.24) is 25.8 Å². The lowest BCUT2D eigenvalue weighted by molar-refractivity contribution is -0.144. The molecule has 166 valence electrons. The Morgan fingerprint density at radius 3 is 2.83 bits per heavy atom. The minimum absolute atomic E-state index is 0.00424. The summed E-state index contributed by atoms with van der Waals surface area (Å²) in [7, 11) is 3.56. The van der Waals surface area contributed by atoms with E-state index in [-0.39, 0.29) is 23.4 Å². The van der Waals surface area contributed by atoms with Crippen molar-refractivity contribution in [2.24, 2.45) is 5.73 Å². The molecule has 3 heterocycles. The molecule has 2 atom stereocenters. The predicted molar refractivity (Wildman–Crippen MR) is 108 cm³/mol. The number of hydrogen-bond acceptors (Lipinski definition) is 8. The fraction of sp³-hybridized carbons (Fsp3) is 0.500. The highest BCUT2D eigenvalue weighted by atomic mass is 32.2. The highest BCUT2D eigenvalue weighted by Gasteiger charge is 2.42. The minimum Gasteiger partial charge on any atom is -0.384 e. The average molecular weight is 446 g/mol. The second-order valence-corrected chi connectivity index (χ2v) is 8.17. The summed E-state index contributed by atoms with van der Waals surface area (Å²) in [4.78, 5) is 15.9. The number of dihydropyridines is 1. The van der Waals surface area contributed by atoms with Crippen molar-refractivity contribution in [3.63, 3.8) is 0 Å². The Morgan fingerprint density at radius 2 is 2.17 bits per heavy atom. The number of nitrogens with one attached hydrogen (secondary N) is 3. The molecule has 0 radical (unpaired) electrons. The molecule has 12 heteroatoms. The molecular formula is C18H25F3N6O2S. The first kappa shape index (κ1) is 22.2. The number of amides is 1. The smallest absolute Gasteiger partial charge is 0.384 e. The van der Waals surface area contributed by atoms with Crippen molar-refractivity contribution < 1.29 is 22.7 Å². The van der Waals surface area contributed by atoms with E-state index in [1.54, 1.807) is 29.3 Å². The van der Waals surface area contributed by atoms with Crippen molar-refractivity contribution in [3.8, 4) is 0 Å². The van der Waals surface area contributed by atoms with Gasteiger partial charge in [0.1, 0.15) is 29.8 Å². The van der Waals surface area contributed by atoms with E-state index in [9.17, 15) is 18.0 Å². The first-order valence-electron chi connectivity index (χ1n) is 9.18. The predicted octanol–water partition coefficient (Wildman–Crippen LogP) is 0.907. The molecule has 3 rings (SSSR count). The monoisotopic (exact) mass is 446 g/mol. The Labute approximate surface area is 177 Å². The summed E-state index contributed by atoms with van der Waals surface area (Å²) >= 11 is 1.40. The Morgan fingerprint density at radius 1 is 1.43 bits per heavy atom. The third kappa shape index (κ3) is 4.81. The topological polar surface area (TPSA) is 94.9 Å². The molecular weight excluding hydrogens is 421 g/mol. The third-order valence-corrected chi connectivity index (χ3v) is 6.11. The maximum Gasteiger partial charge on any atom is 0.412 e. The fourth-order valence-corrected chi connectivity index (χ4v) is 4.29. The zero-order valence-electron chi connectivity index (χ0n) is 16.8. The fourth-order valence-electron chi connectivity index (χ4n) is 3.22. The molecule has 0 aromatic heterocycles. The normalized spacial score (nSPS) is 24.8. The first-order chi connectivity index (χ1) is 14.1. The zero-order chi connectivity index (χ0) is 22.1. The van der Waals surface area contributed by atoms with Crippen LogP contribution < -0.4 is 21.7 Å². The van der Waals surface area contributed by atoms with Gasteiger partial charge >= 0.3 is 6.18 Å². The van der Waals surface area contributed by atoms with Gasteiger partial charge in [0.25, 0.3) is 0 Å². The van der Waals surface area contributed by atoms with Gasteiger partial charge in [0.2, 0.25) is 5.91 Å². The van der Waals surface area contributed by atoms with E-state index in [0.717, 1.165) is 0 Å². The quantitative estimate of drug-likeness (QED) is 0.495. The van der Waals surface area contributed by atoms with E-state index in [1.807, 2.05) is 0 Å². The average Bonchev–Trinajstić information content (AvgIpc) is 3.02. The Balaban J connectivity index is 1.54. The van der Waals surface area contributed by atoms with Gasteiger partial charge in [0.05, 0.1) is 18.8 Å². The van der Waals surface area contributed by atoms with Gasteiger partial charge in [-0.15, -0.1) is 11.8 Å². The summed E-state index contributed by atoms with van der Waals surface area (Å²) in [5, 5.41) is 9.73. The molecule has 0 spiro atoms. The second kappa shape index (κ2) is 8.72. The largest absolute Gasteiger partial charge is 0.412 e. The Kier molecular flexibility index (Phi) is 6.46. The molecule has 0 aliphatic carbocycles. The van der Waals surface area contributed by atoms with Gasteiger partial charge in [-0.2, -0.15) is 13.2 Å². The van der Waals surface area contributed by atoms with Gasteiger partial charge in [-0.3, -0.25) is 4.79 Å². The summed E-state index contributed by atoms with van der Waals surface area (Å²) in [6.45, 7) is 2.15. The van der Waals surface area contributed by atoms with Crippen LogP contribution in [0.5, 0.6) is 0 Å². The van der Waals surface area contributed by atoms with E-state index < -0.39 is 12.2 Å². The highest BCUT2D eigenvalue weighted by Crippen LogP contribution is 2.36. The number of carbonyl (C=O) groups is 1. The van der Waals surface area contributed by atoms with Crippen LogP contribution in [-0.2, 0) is 9.53 Å². The molecule has 5 N–H and O–H groups in total. The van der Waals surface area contributed by atoms with Gasteiger partial charge in [-0.05, 0) is 12.5 Å². The van der Waals surface area contributed by atoms with Crippen LogP contribution in [0, 0.1) is 0 Å². The van der Waals surface area contributed by atoms with Crippen LogP contribution in [0.2, 0.25) is 0 Å². The molecule has 0 aromatic carbocycles. The summed E-state index contributed by atoms with van der Waals surface area (Å²) in [5.41, 5.74) is 7.49. The molecule has 8 nitrogen and oxygen atoms in total. The van der Waals surface area contributed by atoms with Gasteiger partial charge in [-0.1, -0.05) is 6.08 Å². The maximum atomic E-state index is 13.0. The van der Waals surface area contributed by atoms with Crippen molar-refractivity contribution in [1.29, 1.82) is 0 Å². The lowest BCUT2D eigenvalue weighted by Gasteiger charge is -2.31. The van der Waals surface area contributed by atoms with E-state index in [4.69, 9.17) is 10.5 Å². The number of hydrogen-bond donors (Lipinski definition) is 4. The SMILES string of the molecule is CC1=CC(C2SC=C(NC(=O)CNC3=C(N)N(C)COC3)N2C)=CNC1C(F)(F)F. The standard InChI is InChI=1S/C18H25F3N6O2S/c1-10-4-11(5-24-15(10)18(19,20)21)17-27(3)13(8-30-17)25-14(28)6-23-12-7-29-9-26(2)16(12)22/h4-5,8,15,17,23-24H,6-7,9,22H2,1-3H3,(H,25,28). The van der Waals surface area contributed by atoms with E-state index >= 15 is 0 Å². The summed E-state index contributed by atoms with van der Waals surface area (Å²) in [6.07, 6.45) is -1.43.